The van der Waals surface area contributed by atoms with Gasteiger partial charge in [0.25, 0.3) is 0 Å². The molecule has 1 rings (SSSR count). The predicted molar refractivity (Wildman–Crippen MR) is 49.3 cm³/mol. The summed E-state index contributed by atoms with van der Waals surface area (Å²) in [4.78, 5) is 11.1. The summed E-state index contributed by atoms with van der Waals surface area (Å²) in [5, 5.41) is -0.237. The fourth-order valence-corrected chi connectivity index (χ4v) is 1.28. The van der Waals surface area contributed by atoms with Crippen LogP contribution in [0.1, 0.15) is 15.9 Å². The molecule has 0 radical (unpaired) electrons. The molecule has 0 aliphatic heterocycles. The van der Waals surface area contributed by atoms with Crippen LogP contribution in [0.15, 0.2) is 24.3 Å². The molecule has 0 N–H and O–H groups in total. The van der Waals surface area contributed by atoms with Crippen molar-refractivity contribution in [1.82, 2.24) is 0 Å². The van der Waals surface area contributed by atoms with Gasteiger partial charge in [-0.2, -0.15) is 13.2 Å². The Balaban J connectivity index is 2.95. The normalized spacial score (nSPS) is 11.4. The van der Waals surface area contributed by atoms with E-state index in [0.717, 1.165) is 23.9 Å². The van der Waals surface area contributed by atoms with Gasteiger partial charge < -0.3 is 0 Å². The number of carbonyl (C=O) groups excluding carboxylic acids is 1. The Kier molecular flexibility index (Phi) is 3.21. The second kappa shape index (κ2) is 4.04. The second-order valence-electron chi connectivity index (χ2n) is 2.57. The Labute approximate surface area is 83.3 Å². The van der Waals surface area contributed by atoms with Crippen LogP contribution in [0.5, 0.6) is 0 Å². The highest BCUT2D eigenvalue weighted by Crippen LogP contribution is 2.29. The Morgan fingerprint density at radius 1 is 1.21 bits per heavy atom. The van der Waals surface area contributed by atoms with Crippen molar-refractivity contribution in [3.8, 4) is 0 Å². The third-order valence-electron chi connectivity index (χ3n) is 1.63. The lowest BCUT2D eigenvalue weighted by Crippen LogP contribution is -2.05. The van der Waals surface area contributed by atoms with E-state index in [1.807, 2.05) is 0 Å². The zero-order valence-corrected chi connectivity index (χ0v) is 8.08. The summed E-state index contributed by atoms with van der Waals surface area (Å²) in [6, 6.07) is 4.18. The molecular weight excluding hydrogens is 213 g/mol. The molecule has 0 bridgehead atoms. The average molecular weight is 220 g/mol. The quantitative estimate of drug-likeness (QED) is 0.722. The van der Waals surface area contributed by atoms with E-state index < -0.39 is 11.7 Å². The maximum absolute atomic E-state index is 12.1. The standard InChI is InChI=1S/C9H7F3OS/c1-14-8(13)6-2-4-7(5-3-6)9(10,11)12/h2-5H,1H3. The number of alkyl halides is 3. The second-order valence-corrected chi connectivity index (χ2v) is 3.35. The summed E-state index contributed by atoms with van der Waals surface area (Å²) in [5.74, 6) is 0. The minimum Gasteiger partial charge on any atom is -0.282 e. The van der Waals surface area contributed by atoms with Gasteiger partial charge in [0.1, 0.15) is 0 Å². The molecule has 0 aliphatic carbocycles. The van der Waals surface area contributed by atoms with E-state index in [9.17, 15) is 18.0 Å². The molecule has 0 aliphatic rings. The van der Waals surface area contributed by atoms with E-state index in [1.165, 1.54) is 12.1 Å². The summed E-state index contributed by atoms with van der Waals surface area (Å²) in [7, 11) is 0. The lowest BCUT2D eigenvalue weighted by Gasteiger charge is -2.06. The molecule has 76 valence electrons. The largest absolute Gasteiger partial charge is 0.416 e. The smallest absolute Gasteiger partial charge is 0.282 e. The number of hydrogen-bond acceptors (Lipinski definition) is 2. The van der Waals surface area contributed by atoms with Crippen LogP contribution in [0, 0.1) is 0 Å². The van der Waals surface area contributed by atoms with Crippen molar-refractivity contribution in [2.45, 2.75) is 6.18 Å². The first-order chi connectivity index (χ1) is 6.45. The van der Waals surface area contributed by atoms with E-state index in [1.54, 1.807) is 6.26 Å². The van der Waals surface area contributed by atoms with E-state index in [0.29, 0.717) is 0 Å². The average Bonchev–Trinajstić information content (AvgIpc) is 2.15. The first kappa shape index (κ1) is 11.1. The SMILES string of the molecule is CSC(=O)c1ccc(C(F)(F)F)cc1. The van der Waals surface area contributed by atoms with Crippen molar-refractivity contribution < 1.29 is 18.0 Å². The maximum Gasteiger partial charge on any atom is 0.416 e. The highest BCUT2D eigenvalue weighted by atomic mass is 32.2. The molecule has 0 fully saturated rings. The van der Waals surface area contributed by atoms with Crippen molar-refractivity contribution in [2.24, 2.45) is 0 Å². The summed E-state index contributed by atoms with van der Waals surface area (Å²) in [5.41, 5.74) is -0.458. The Bertz CT molecular complexity index is 329. The summed E-state index contributed by atoms with van der Waals surface area (Å²) < 4.78 is 36.3. The Hall–Kier alpha value is -0.970. The minimum absolute atomic E-state index is 0.237. The minimum atomic E-state index is -4.35. The van der Waals surface area contributed by atoms with Gasteiger partial charge in [0.15, 0.2) is 0 Å². The summed E-state index contributed by atoms with van der Waals surface area (Å²) >= 11 is 0.971. The number of rotatable bonds is 1. The molecule has 1 aromatic carbocycles. The first-order valence-electron chi connectivity index (χ1n) is 3.70. The number of carbonyl (C=O) groups is 1. The molecule has 0 saturated heterocycles. The van der Waals surface area contributed by atoms with E-state index in [2.05, 4.69) is 0 Å². The Morgan fingerprint density at radius 3 is 2.07 bits per heavy atom. The van der Waals surface area contributed by atoms with Crippen molar-refractivity contribution in [3.05, 3.63) is 35.4 Å². The molecular formula is C9H7F3OS. The van der Waals surface area contributed by atoms with Gasteiger partial charge in [-0.1, -0.05) is 11.8 Å². The van der Waals surface area contributed by atoms with E-state index in [4.69, 9.17) is 0 Å². The van der Waals surface area contributed by atoms with Crippen LogP contribution in [0.3, 0.4) is 0 Å². The molecule has 0 spiro atoms. The van der Waals surface area contributed by atoms with Crippen LogP contribution in [-0.2, 0) is 6.18 Å². The lowest BCUT2D eigenvalue weighted by molar-refractivity contribution is -0.137. The highest BCUT2D eigenvalue weighted by molar-refractivity contribution is 8.13. The molecule has 0 atom stereocenters. The lowest BCUT2D eigenvalue weighted by atomic mass is 10.1. The predicted octanol–water partition coefficient (Wildman–Crippen LogP) is 3.21. The van der Waals surface area contributed by atoms with Crippen molar-refractivity contribution in [3.63, 3.8) is 0 Å². The number of halogens is 3. The van der Waals surface area contributed by atoms with Crippen LogP contribution in [0.4, 0.5) is 13.2 Å². The molecule has 1 nitrogen and oxygen atoms in total. The van der Waals surface area contributed by atoms with Crippen LogP contribution < -0.4 is 0 Å². The molecule has 0 amide bonds. The Morgan fingerprint density at radius 2 is 1.71 bits per heavy atom. The van der Waals surface area contributed by atoms with Crippen LogP contribution >= 0.6 is 11.8 Å². The monoisotopic (exact) mass is 220 g/mol. The van der Waals surface area contributed by atoms with Gasteiger partial charge in [0, 0.05) is 5.56 Å². The van der Waals surface area contributed by atoms with Gasteiger partial charge in [-0.3, -0.25) is 4.79 Å². The van der Waals surface area contributed by atoms with Crippen LogP contribution in [0.2, 0.25) is 0 Å². The summed E-state index contributed by atoms with van der Waals surface area (Å²) in [6.07, 6.45) is -2.76. The van der Waals surface area contributed by atoms with Gasteiger partial charge in [-0.25, -0.2) is 0 Å². The molecule has 5 heteroatoms. The molecule has 14 heavy (non-hydrogen) atoms. The zero-order chi connectivity index (χ0) is 10.8. The van der Waals surface area contributed by atoms with E-state index >= 15 is 0 Å². The topological polar surface area (TPSA) is 17.1 Å². The van der Waals surface area contributed by atoms with Crippen LogP contribution in [0.25, 0.3) is 0 Å². The van der Waals surface area contributed by atoms with Crippen molar-refractivity contribution in [1.29, 1.82) is 0 Å². The fourth-order valence-electron chi connectivity index (χ4n) is 0.913. The van der Waals surface area contributed by atoms with Crippen molar-refractivity contribution in [2.75, 3.05) is 6.26 Å². The van der Waals surface area contributed by atoms with E-state index in [-0.39, 0.29) is 10.7 Å². The van der Waals surface area contributed by atoms with Gasteiger partial charge in [-0.15, -0.1) is 0 Å². The maximum atomic E-state index is 12.1. The molecule has 1 aromatic rings. The number of thioether (sulfide) groups is 1. The molecule has 0 saturated carbocycles. The fraction of sp³-hybridized carbons (Fsp3) is 0.222. The molecule has 0 heterocycles. The number of benzene rings is 1. The van der Waals surface area contributed by atoms with Crippen LogP contribution in [-0.4, -0.2) is 11.4 Å². The molecule has 0 unspecified atom stereocenters. The number of hydrogen-bond donors (Lipinski definition) is 0. The van der Waals surface area contributed by atoms with Gasteiger partial charge in [0.05, 0.1) is 5.56 Å². The van der Waals surface area contributed by atoms with Gasteiger partial charge in [-0.05, 0) is 30.5 Å². The zero-order valence-electron chi connectivity index (χ0n) is 7.26. The molecule has 0 aromatic heterocycles. The van der Waals surface area contributed by atoms with Gasteiger partial charge >= 0.3 is 6.18 Å². The van der Waals surface area contributed by atoms with Gasteiger partial charge in [0.2, 0.25) is 5.12 Å². The van der Waals surface area contributed by atoms with Crippen molar-refractivity contribution >= 4 is 16.9 Å². The first-order valence-corrected chi connectivity index (χ1v) is 4.93. The highest BCUT2D eigenvalue weighted by Gasteiger charge is 2.30. The third kappa shape index (κ3) is 2.51. The third-order valence-corrected chi connectivity index (χ3v) is 2.24. The summed E-state index contributed by atoms with van der Waals surface area (Å²) in [6.45, 7) is 0.